The van der Waals surface area contributed by atoms with Crippen LogP contribution in [-0.2, 0) is 19.4 Å². The van der Waals surface area contributed by atoms with Crippen LogP contribution in [0, 0.1) is 0 Å². The molecule has 0 fully saturated rings. The van der Waals surface area contributed by atoms with Gasteiger partial charge in [0, 0.05) is 19.2 Å². The normalized spacial score (nSPS) is 10.4. The Morgan fingerprint density at radius 1 is 0.952 bits per heavy atom. The SMILES string of the molecule is CCCc1c(NC)ncnc1NCc1ccc(CC)cc1. The van der Waals surface area contributed by atoms with E-state index in [4.69, 9.17) is 0 Å². The molecular weight excluding hydrogens is 260 g/mol. The Bertz CT molecular complexity index is 564. The van der Waals surface area contributed by atoms with Crippen molar-refractivity contribution in [2.75, 3.05) is 17.7 Å². The third-order valence-electron chi connectivity index (χ3n) is 3.57. The van der Waals surface area contributed by atoms with Crippen LogP contribution in [0.3, 0.4) is 0 Å². The number of hydrogen-bond acceptors (Lipinski definition) is 4. The number of aryl methyl sites for hydroxylation is 1. The number of nitrogens with zero attached hydrogens (tertiary/aromatic N) is 2. The van der Waals surface area contributed by atoms with E-state index in [0.29, 0.717) is 0 Å². The van der Waals surface area contributed by atoms with E-state index in [0.717, 1.165) is 43.0 Å². The van der Waals surface area contributed by atoms with Gasteiger partial charge >= 0.3 is 0 Å². The second kappa shape index (κ2) is 7.62. The van der Waals surface area contributed by atoms with Crippen molar-refractivity contribution in [2.24, 2.45) is 0 Å². The summed E-state index contributed by atoms with van der Waals surface area (Å²) in [5.74, 6) is 1.84. The molecule has 2 rings (SSSR count). The summed E-state index contributed by atoms with van der Waals surface area (Å²) in [7, 11) is 1.90. The van der Waals surface area contributed by atoms with Crippen LogP contribution in [-0.4, -0.2) is 17.0 Å². The van der Waals surface area contributed by atoms with Gasteiger partial charge in [0.15, 0.2) is 0 Å². The number of rotatable bonds is 7. The van der Waals surface area contributed by atoms with Gasteiger partial charge in [-0.15, -0.1) is 0 Å². The summed E-state index contributed by atoms with van der Waals surface area (Å²) < 4.78 is 0. The van der Waals surface area contributed by atoms with Gasteiger partial charge in [-0.25, -0.2) is 9.97 Å². The van der Waals surface area contributed by atoms with E-state index >= 15 is 0 Å². The number of benzene rings is 1. The molecule has 0 unspecified atom stereocenters. The van der Waals surface area contributed by atoms with Crippen molar-refractivity contribution in [1.29, 1.82) is 0 Å². The van der Waals surface area contributed by atoms with E-state index in [1.165, 1.54) is 11.1 Å². The maximum Gasteiger partial charge on any atom is 0.134 e. The summed E-state index contributed by atoms with van der Waals surface area (Å²) in [5, 5.41) is 6.58. The number of hydrogen-bond donors (Lipinski definition) is 2. The van der Waals surface area contributed by atoms with Crippen molar-refractivity contribution in [3.8, 4) is 0 Å². The molecule has 0 saturated carbocycles. The fourth-order valence-corrected chi connectivity index (χ4v) is 2.35. The fourth-order valence-electron chi connectivity index (χ4n) is 2.35. The van der Waals surface area contributed by atoms with E-state index in [-0.39, 0.29) is 0 Å². The average Bonchev–Trinajstić information content (AvgIpc) is 2.54. The first kappa shape index (κ1) is 15.3. The molecule has 0 saturated heterocycles. The lowest BCUT2D eigenvalue weighted by Crippen LogP contribution is -2.08. The van der Waals surface area contributed by atoms with Crippen molar-refractivity contribution in [2.45, 2.75) is 39.7 Å². The van der Waals surface area contributed by atoms with Gasteiger partial charge in [0.1, 0.15) is 18.0 Å². The van der Waals surface area contributed by atoms with Crippen molar-refractivity contribution >= 4 is 11.6 Å². The van der Waals surface area contributed by atoms with Gasteiger partial charge in [0.2, 0.25) is 0 Å². The van der Waals surface area contributed by atoms with Crippen LogP contribution in [0.4, 0.5) is 11.6 Å². The monoisotopic (exact) mass is 284 g/mol. The molecule has 1 aromatic heterocycles. The third kappa shape index (κ3) is 3.94. The van der Waals surface area contributed by atoms with Crippen LogP contribution in [0.1, 0.15) is 37.0 Å². The topological polar surface area (TPSA) is 49.8 Å². The Labute approximate surface area is 127 Å². The van der Waals surface area contributed by atoms with Gasteiger partial charge in [-0.3, -0.25) is 0 Å². The highest BCUT2D eigenvalue weighted by Crippen LogP contribution is 2.21. The highest BCUT2D eigenvalue weighted by molar-refractivity contribution is 5.57. The molecule has 2 aromatic rings. The lowest BCUT2D eigenvalue weighted by molar-refractivity contribution is 0.899. The first-order valence-electron chi connectivity index (χ1n) is 7.61. The number of nitrogens with one attached hydrogen (secondary N) is 2. The molecule has 0 atom stereocenters. The molecule has 21 heavy (non-hydrogen) atoms. The van der Waals surface area contributed by atoms with Crippen LogP contribution in [0.2, 0.25) is 0 Å². The predicted molar refractivity (Wildman–Crippen MR) is 88.7 cm³/mol. The van der Waals surface area contributed by atoms with E-state index < -0.39 is 0 Å². The molecular formula is C17H24N4. The minimum Gasteiger partial charge on any atom is -0.373 e. The van der Waals surface area contributed by atoms with Crippen LogP contribution in [0.5, 0.6) is 0 Å². The Hall–Kier alpha value is -2.10. The minimum absolute atomic E-state index is 0.779. The van der Waals surface area contributed by atoms with E-state index in [1.807, 2.05) is 7.05 Å². The summed E-state index contributed by atoms with van der Waals surface area (Å²) in [6.45, 7) is 5.12. The molecule has 0 amide bonds. The number of anilines is 2. The van der Waals surface area contributed by atoms with Crippen LogP contribution >= 0.6 is 0 Å². The highest BCUT2D eigenvalue weighted by atomic mass is 15.1. The minimum atomic E-state index is 0.779. The molecule has 2 N–H and O–H groups in total. The van der Waals surface area contributed by atoms with Gasteiger partial charge in [-0.1, -0.05) is 44.5 Å². The molecule has 0 spiro atoms. The van der Waals surface area contributed by atoms with Gasteiger partial charge < -0.3 is 10.6 Å². The maximum atomic E-state index is 4.39. The lowest BCUT2D eigenvalue weighted by atomic mass is 10.1. The first-order valence-corrected chi connectivity index (χ1v) is 7.61. The van der Waals surface area contributed by atoms with Crippen molar-refractivity contribution in [3.63, 3.8) is 0 Å². The van der Waals surface area contributed by atoms with Gasteiger partial charge in [-0.2, -0.15) is 0 Å². The Balaban J connectivity index is 2.11. The van der Waals surface area contributed by atoms with Gasteiger partial charge in [-0.05, 0) is 24.0 Å². The molecule has 1 aromatic carbocycles. The lowest BCUT2D eigenvalue weighted by Gasteiger charge is -2.13. The first-order chi connectivity index (χ1) is 10.3. The van der Waals surface area contributed by atoms with Crippen LogP contribution in [0.15, 0.2) is 30.6 Å². The highest BCUT2D eigenvalue weighted by Gasteiger charge is 2.09. The summed E-state index contributed by atoms with van der Waals surface area (Å²) in [6.07, 6.45) is 4.72. The Morgan fingerprint density at radius 2 is 1.62 bits per heavy atom. The van der Waals surface area contributed by atoms with Crippen molar-refractivity contribution in [3.05, 3.63) is 47.3 Å². The molecule has 0 aliphatic heterocycles. The van der Waals surface area contributed by atoms with Gasteiger partial charge in [0.05, 0.1) is 0 Å². The molecule has 4 nitrogen and oxygen atoms in total. The smallest absolute Gasteiger partial charge is 0.134 e. The molecule has 0 radical (unpaired) electrons. The fraction of sp³-hybridized carbons (Fsp3) is 0.412. The second-order valence-electron chi connectivity index (χ2n) is 5.07. The summed E-state index contributed by atoms with van der Waals surface area (Å²) in [4.78, 5) is 8.68. The summed E-state index contributed by atoms with van der Waals surface area (Å²) >= 11 is 0. The molecule has 1 heterocycles. The molecule has 0 aliphatic carbocycles. The number of aromatic nitrogens is 2. The molecule has 0 aliphatic rings. The zero-order valence-corrected chi connectivity index (χ0v) is 13.1. The van der Waals surface area contributed by atoms with E-state index in [1.54, 1.807) is 6.33 Å². The standard InChI is InChI=1S/C17H24N4/c1-4-6-15-16(18-3)20-12-21-17(15)19-11-14-9-7-13(5-2)8-10-14/h7-10,12H,4-6,11H2,1-3H3,(H2,18,19,20,21). The summed E-state index contributed by atoms with van der Waals surface area (Å²) in [5.41, 5.74) is 3.79. The zero-order chi connectivity index (χ0) is 15.1. The average molecular weight is 284 g/mol. The van der Waals surface area contributed by atoms with E-state index in [9.17, 15) is 0 Å². The van der Waals surface area contributed by atoms with Crippen molar-refractivity contribution in [1.82, 2.24) is 9.97 Å². The zero-order valence-electron chi connectivity index (χ0n) is 13.1. The third-order valence-corrected chi connectivity index (χ3v) is 3.57. The predicted octanol–water partition coefficient (Wildman–Crippen LogP) is 3.65. The second-order valence-corrected chi connectivity index (χ2v) is 5.07. The molecule has 0 bridgehead atoms. The quantitative estimate of drug-likeness (QED) is 0.815. The largest absolute Gasteiger partial charge is 0.373 e. The summed E-state index contributed by atoms with van der Waals surface area (Å²) in [6, 6.07) is 8.71. The maximum absolute atomic E-state index is 4.39. The van der Waals surface area contributed by atoms with Crippen LogP contribution in [0.25, 0.3) is 0 Å². The molecule has 4 heteroatoms. The van der Waals surface area contributed by atoms with Gasteiger partial charge in [0.25, 0.3) is 0 Å². The van der Waals surface area contributed by atoms with Crippen molar-refractivity contribution < 1.29 is 0 Å². The molecule has 112 valence electrons. The van der Waals surface area contributed by atoms with Crippen LogP contribution < -0.4 is 10.6 Å². The van der Waals surface area contributed by atoms with E-state index in [2.05, 4.69) is 58.7 Å². The Morgan fingerprint density at radius 3 is 2.24 bits per heavy atom. The Kier molecular flexibility index (Phi) is 5.55.